The normalized spacial score (nSPS) is 10.5. The van der Waals surface area contributed by atoms with Gasteiger partial charge in [0.25, 0.3) is 0 Å². The molecule has 1 amide bonds. The number of carbonyl (C=O) groups excluding carboxylic acids is 1. The maximum absolute atomic E-state index is 11.2. The van der Waals surface area contributed by atoms with E-state index in [1.807, 2.05) is 57.3 Å². The largest absolute Gasteiger partial charge is 0.494 e. The van der Waals surface area contributed by atoms with Gasteiger partial charge in [0.2, 0.25) is 6.41 Å². The van der Waals surface area contributed by atoms with Crippen molar-refractivity contribution in [3.8, 4) is 17.1 Å². The predicted molar refractivity (Wildman–Crippen MR) is 135 cm³/mol. The molecule has 0 bridgehead atoms. The summed E-state index contributed by atoms with van der Waals surface area (Å²) in [6.07, 6.45) is 4.08. The molecular formula is C24H27N9O2. The summed E-state index contributed by atoms with van der Waals surface area (Å²) in [5.41, 5.74) is 7.07. The molecule has 3 N–H and O–H groups in total. The van der Waals surface area contributed by atoms with Gasteiger partial charge in [0.05, 0.1) is 18.4 Å². The number of anilines is 5. The predicted octanol–water partition coefficient (Wildman–Crippen LogP) is 3.80. The van der Waals surface area contributed by atoms with Gasteiger partial charge in [-0.2, -0.15) is 5.10 Å². The third kappa shape index (κ3) is 5.29. The fourth-order valence-electron chi connectivity index (χ4n) is 3.42. The van der Waals surface area contributed by atoms with E-state index in [1.54, 1.807) is 31.4 Å². The maximum Gasteiger partial charge on any atom is 0.227 e. The van der Waals surface area contributed by atoms with E-state index in [1.165, 1.54) is 5.01 Å². The zero-order chi connectivity index (χ0) is 24.9. The molecule has 35 heavy (non-hydrogen) atoms. The highest BCUT2D eigenvalue weighted by molar-refractivity contribution is 5.81. The average molecular weight is 474 g/mol. The third-order valence-electron chi connectivity index (χ3n) is 5.21. The Morgan fingerprint density at radius 2 is 1.89 bits per heavy atom. The van der Waals surface area contributed by atoms with Crippen molar-refractivity contribution in [1.82, 2.24) is 29.7 Å². The van der Waals surface area contributed by atoms with Gasteiger partial charge in [-0.05, 0) is 37.6 Å². The topological polar surface area (TPSA) is 122 Å². The van der Waals surface area contributed by atoms with Crippen molar-refractivity contribution < 1.29 is 9.53 Å². The van der Waals surface area contributed by atoms with E-state index in [-0.39, 0.29) is 0 Å². The molecule has 0 radical (unpaired) electrons. The molecule has 11 heteroatoms. The highest BCUT2D eigenvalue weighted by Crippen LogP contribution is 2.38. The molecule has 3 aromatic heterocycles. The van der Waals surface area contributed by atoms with E-state index < -0.39 is 0 Å². The quantitative estimate of drug-likeness (QED) is 0.246. The molecule has 0 aliphatic heterocycles. The van der Waals surface area contributed by atoms with Crippen LogP contribution in [0.25, 0.3) is 11.4 Å². The van der Waals surface area contributed by atoms with Crippen molar-refractivity contribution in [1.29, 1.82) is 0 Å². The van der Waals surface area contributed by atoms with E-state index in [4.69, 9.17) is 4.74 Å². The number of pyridine rings is 2. The molecular weight excluding hydrogens is 446 g/mol. The highest BCUT2D eigenvalue weighted by Gasteiger charge is 2.17. The Balaban J connectivity index is 1.75. The second-order valence-electron chi connectivity index (χ2n) is 7.96. The number of ether oxygens (including phenoxy) is 1. The van der Waals surface area contributed by atoms with E-state index in [2.05, 4.69) is 36.1 Å². The molecule has 0 fully saturated rings. The van der Waals surface area contributed by atoms with Crippen molar-refractivity contribution in [3.05, 3.63) is 60.0 Å². The molecule has 0 aliphatic rings. The van der Waals surface area contributed by atoms with Gasteiger partial charge in [-0.15, -0.1) is 0 Å². The first-order valence-electron chi connectivity index (χ1n) is 10.8. The fourth-order valence-corrected chi connectivity index (χ4v) is 3.42. The van der Waals surface area contributed by atoms with Gasteiger partial charge < -0.3 is 15.4 Å². The molecule has 180 valence electrons. The lowest BCUT2D eigenvalue weighted by Gasteiger charge is -2.20. The number of rotatable bonds is 9. The van der Waals surface area contributed by atoms with Crippen molar-refractivity contribution in [2.24, 2.45) is 7.05 Å². The van der Waals surface area contributed by atoms with Crippen LogP contribution < -0.4 is 20.8 Å². The molecule has 0 atom stereocenters. The molecule has 0 aliphatic carbocycles. The monoisotopic (exact) mass is 473 g/mol. The van der Waals surface area contributed by atoms with Crippen LogP contribution in [0.2, 0.25) is 0 Å². The van der Waals surface area contributed by atoms with E-state index in [0.29, 0.717) is 35.4 Å². The Morgan fingerprint density at radius 1 is 1.06 bits per heavy atom. The Morgan fingerprint density at radius 3 is 2.54 bits per heavy atom. The highest BCUT2D eigenvalue weighted by atomic mass is 16.5. The Labute approximate surface area is 203 Å². The first kappa shape index (κ1) is 23.5. The second-order valence-corrected chi connectivity index (χ2v) is 7.96. The molecule has 0 unspecified atom stereocenters. The first-order valence-corrected chi connectivity index (χ1v) is 10.8. The molecule has 1 aromatic carbocycles. The van der Waals surface area contributed by atoms with Crippen LogP contribution in [-0.2, 0) is 11.8 Å². The van der Waals surface area contributed by atoms with Gasteiger partial charge in [0, 0.05) is 37.6 Å². The van der Waals surface area contributed by atoms with Crippen molar-refractivity contribution in [3.63, 3.8) is 0 Å². The van der Waals surface area contributed by atoms with Crippen LogP contribution in [0.4, 0.5) is 28.8 Å². The Hall–Kier alpha value is -4.67. The molecule has 0 spiro atoms. The number of carbonyl (C=O) groups is 1. The fraction of sp³-hybridized carbons (Fsp3) is 0.208. The number of methoxy groups -OCH3 is 1. The summed E-state index contributed by atoms with van der Waals surface area (Å²) in [5.74, 6) is 2.85. The van der Waals surface area contributed by atoms with Gasteiger partial charge in [-0.1, -0.05) is 12.1 Å². The lowest BCUT2D eigenvalue weighted by molar-refractivity contribution is -0.115. The zero-order valence-electron chi connectivity index (χ0n) is 20.2. The number of hydrogen-bond acceptors (Lipinski definition) is 9. The van der Waals surface area contributed by atoms with Crippen molar-refractivity contribution in [2.75, 3.05) is 30.2 Å². The summed E-state index contributed by atoms with van der Waals surface area (Å²) in [5, 5.41) is 12.4. The minimum Gasteiger partial charge on any atom is -0.494 e. The molecule has 4 rings (SSSR count). The van der Waals surface area contributed by atoms with Crippen molar-refractivity contribution >= 4 is 35.2 Å². The minimum absolute atomic E-state index is 0.501. The van der Waals surface area contributed by atoms with E-state index in [0.717, 1.165) is 28.1 Å². The first-order chi connectivity index (χ1) is 16.9. The molecule has 11 nitrogen and oxygen atoms in total. The van der Waals surface area contributed by atoms with Crippen LogP contribution in [0.3, 0.4) is 0 Å². The summed E-state index contributed by atoms with van der Waals surface area (Å²) < 4.78 is 7.38. The number of hydrogen-bond donors (Lipinski definition) is 3. The zero-order valence-corrected chi connectivity index (χ0v) is 20.2. The Kier molecular flexibility index (Phi) is 6.76. The van der Waals surface area contributed by atoms with Crippen LogP contribution in [0.1, 0.15) is 11.1 Å². The molecule has 4 aromatic rings. The van der Waals surface area contributed by atoms with Gasteiger partial charge in [-0.3, -0.25) is 19.9 Å². The number of hydrazine groups is 1. The summed E-state index contributed by atoms with van der Waals surface area (Å²) in [6, 6.07) is 11.4. The van der Waals surface area contributed by atoms with E-state index in [9.17, 15) is 4.79 Å². The SMILES string of the molecule is COc1c(Nc2cc(Nc3ccc(C)cn3)nc(NN(C)C=O)c2C)cccc1-c1ncn(C)n1. The smallest absolute Gasteiger partial charge is 0.227 e. The van der Waals surface area contributed by atoms with Gasteiger partial charge >= 0.3 is 0 Å². The number of amides is 1. The van der Waals surface area contributed by atoms with Gasteiger partial charge in [0.1, 0.15) is 18.0 Å². The number of aromatic nitrogens is 5. The summed E-state index contributed by atoms with van der Waals surface area (Å²) in [7, 11) is 5.03. The van der Waals surface area contributed by atoms with Crippen LogP contribution >= 0.6 is 0 Å². The number of nitrogens with zero attached hydrogens (tertiary/aromatic N) is 6. The van der Waals surface area contributed by atoms with Crippen molar-refractivity contribution in [2.45, 2.75) is 13.8 Å². The average Bonchev–Trinajstić information content (AvgIpc) is 3.29. The Bertz CT molecular complexity index is 1340. The third-order valence-corrected chi connectivity index (χ3v) is 5.21. The van der Waals surface area contributed by atoms with Crippen LogP contribution in [-0.4, -0.2) is 50.3 Å². The standard InChI is InChI=1S/C24H27N9O2/c1-15-9-10-20(25-12-15)28-21-11-19(16(2)23(29-21)30-33(4)14-34)27-18-8-6-7-17(22(18)35-5)24-26-13-32(3)31-24/h6-14H,1-5H3,(H3,25,27,28,29,30). The molecule has 3 heterocycles. The second kappa shape index (κ2) is 10.1. The number of para-hydroxylation sites is 1. The van der Waals surface area contributed by atoms with Gasteiger partial charge in [-0.25, -0.2) is 15.0 Å². The van der Waals surface area contributed by atoms with Crippen LogP contribution in [0.15, 0.2) is 48.9 Å². The summed E-state index contributed by atoms with van der Waals surface area (Å²) in [6.45, 7) is 3.88. The molecule has 0 saturated carbocycles. The van der Waals surface area contributed by atoms with Gasteiger partial charge in [0.15, 0.2) is 17.4 Å². The number of benzene rings is 1. The lowest BCUT2D eigenvalue weighted by Crippen LogP contribution is -2.24. The summed E-state index contributed by atoms with van der Waals surface area (Å²) >= 11 is 0. The molecule has 0 saturated heterocycles. The van der Waals surface area contributed by atoms with Crippen LogP contribution in [0, 0.1) is 13.8 Å². The maximum atomic E-state index is 11.2. The minimum atomic E-state index is 0.501. The van der Waals surface area contributed by atoms with E-state index >= 15 is 0 Å². The summed E-state index contributed by atoms with van der Waals surface area (Å²) in [4.78, 5) is 24.6. The number of nitrogens with one attached hydrogen (secondary N) is 3. The lowest BCUT2D eigenvalue weighted by atomic mass is 10.1. The van der Waals surface area contributed by atoms with Crippen LogP contribution in [0.5, 0.6) is 5.75 Å². The number of aryl methyl sites for hydroxylation is 2.